The first-order valence-electron chi connectivity index (χ1n) is 4.47. The quantitative estimate of drug-likeness (QED) is 0.343. The molecule has 0 radical (unpaired) electrons. The van der Waals surface area contributed by atoms with Gasteiger partial charge in [-0.3, -0.25) is 10.1 Å². The fourth-order valence-electron chi connectivity index (χ4n) is 1.13. The van der Waals surface area contributed by atoms with Crippen LogP contribution in [0.3, 0.4) is 0 Å². The lowest BCUT2D eigenvalue weighted by Crippen LogP contribution is -2.11. The molecule has 1 aromatic rings. The molecule has 5 nitrogen and oxygen atoms in total. The lowest BCUT2D eigenvalue weighted by atomic mass is 10.2. The molecule has 3 N–H and O–H groups in total. The van der Waals surface area contributed by atoms with Crippen LogP contribution in [0.5, 0.6) is 0 Å². The fourth-order valence-corrected chi connectivity index (χ4v) is 1.13. The number of nitro benzene ring substituents is 1. The van der Waals surface area contributed by atoms with Crippen LogP contribution >= 0.6 is 0 Å². The van der Waals surface area contributed by atoms with E-state index in [1.54, 1.807) is 12.1 Å². The SMILES string of the molecule is C=CC(C)Nc1ccc([N+](=O)[O-])c(N)c1. The van der Waals surface area contributed by atoms with Gasteiger partial charge in [-0.2, -0.15) is 0 Å². The second-order valence-electron chi connectivity index (χ2n) is 3.20. The highest BCUT2D eigenvalue weighted by molar-refractivity contribution is 5.66. The summed E-state index contributed by atoms with van der Waals surface area (Å²) in [6.07, 6.45) is 1.73. The van der Waals surface area contributed by atoms with Gasteiger partial charge >= 0.3 is 0 Å². The van der Waals surface area contributed by atoms with Crippen molar-refractivity contribution in [3.05, 3.63) is 41.0 Å². The van der Waals surface area contributed by atoms with Crippen LogP contribution in [0.25, 0.3) is 0 Å². The molecule has 0 aliphatic rings. The van der Waals surface area contributed by atoms with Crippen LogP contribution in [0.4, 0.5) is 17.1 Å². The van der Waals surface area contributed by atoms with Crippen molar-refractivity contribution in [2.75, 3.05) is 11.1 Å². The van der Waals surface area contributed by atoms with Crippen LogP contribution in [0.15, 0.2) is 30.9 Å². The fraction of sp³-hybridized carbons (Fsp3) is 0.200. The maximum atomic E-state index is 10.5. The van der Waals surface area contributed by atoms with Crippen LogP contribution in [0, 0.1) is 10.1 Å². The number of anilines is 2. The molecule has 0 aliphatic carbocycles. The second-order valence-corrected chi connectivity index (χ2v) is 3.20. The van der Waals surface area contributed by atoms with Gasteiger partial charge in [-0.25, -0.2) is 0 Å². The molecule has 0 aliphatic heterocycles. The number of nitrogens with two attached hydrogens (primary N) is 1. The summed E-state index contributed by atoms with van der Waals surface area (Å²) in [6, 6.07) is 4.63. The number of nitrogens with zero attached hydrogens (tertiary/aromatic N) is 1. The lowest BCUT2D eigenvalue weighted by Gasteiger charge is -2.10. The molecule has 0 amide bonds. The first-order chi connectivity index (χ1) is 7.04. The van der Waals surface area contributed by atoms with E-state index in [4.69, 9.17) is 5.73 Å². The summed E-state index contributed by atoms with van der Waals surface area (Å²) in [4.78, 5) is 10.00. The molecule has 1 rings (SSSR count). The molecular formula is C10H13N3O2. The standard InChI is InChI=1S/C10H13N3O2/c1-3-7(2)12-8-4-5-10(13(14)15)9(11)6-8/h3-7,12H,1,11H2,2H3. The maximum absolute atomic E-state index is 10.5. The zero-order valence-electron chi connectivity index (χ0n) is 8.43. The average molecular weight is 207 g/mol. The van der Waals surface area contributed by atoms with Gasteiger partial charge in [-0.05, 0) is 19.1 Å². The van der Waals surface area contributed by atoms with Gasteiger partial charge in [0.1, 0.15) is 5.69 Å². The summed E-state index contributed by atoms with van der Waals surface area (Å²) in [6.45, 7) is 5.54. The minimum atomic E-state index is -0.504. The van der Waals surface area contributed by atoms with E-state index < -0.39 is 4.92 Å². The number of hydrogen-bond acceptors (Lipinski definition) is 4. The molecule has 0 bridgehead atoms. The van der Waals surface area contributed by atoms with Gasteiger partial charge < -0.3 is 11.1 Å². The topological polar surface area (TPSA) is 81.2 Å². The predicted molar refractivity (Wildman–Crippen MR) is 60.8 cm³/mol. The minimum Gasteiger partial charge on any atom is -0.393 e. The summed E-state index contributed by atoms with van der Waals surface area (Å²) in [5.74, 6) is 0. The van der Waals surface area contributed by atoms with Crippen molar-refractivity contribution in [1.29, 1.82) is 0 Å². The summed E-state index contributed by atoms with van der Waals surface area (Å²) >= 11 is 0. The Morgan fingerprint density at radius 1 is 1.67 bits per heavy atom. The highest BCUT2D eigenvalue weighted by Crippen LogP contribution is 2.24. The molecule has 15 heavy (non-hydrogen) atoms. The first-order valence-corrected chi connectivity index (χ1v) is 4.47. The molecule has 1 aromatic carbocycles. The molecule has 5 heteroatoms. The van der Waals surface area contributed by atoms with Gasteiger partial charge in [-0.15, -0.1) is 6.58 Å². The van der Waals surface area contributed by atoms with E-state index in [9.17, 15) is 10.1 Å². The summed E-state index contributed by atoms with van der Waals surface area (Å²) in [5, 5.41) is 13.6. The van der Waals surface area contributed by atoms with Gasteiger partial charge in [-0.1, -0.05) is 6.08 Å². The monoisotopic (exact) mass is 207 g/mol. The van der Waals surface area contributed by atoms with Gasteiger partial charge in [0, 0.05) is 17.8 Å². The van der Waals surface area contributed by atoms with Crippen LogP contribution in [-0.4, -0.2) is 11.0 Å². The minimum absolute atomic E-state index is 0.0770. The molecular weight excluding hydrogens is 194 g/mol. The molecule has 0 spiro atoms. The van der Waals surface area contributed by atoms with Crippen molar-refractivity contribution in [2.24, 2.45) is 0 Å². The lowest BCUT2D eigenvalue weighted by molar-refractivity contribution is -0.383. The van der Waals surface area contributed by atoms with Crippen molar-refractivity contribution < 1.29 is 4.92 Å². The number of nitro groups is 1. The third-order valence-electron chi connectivity index (χ3n) is 1.97. The Morgan fingerprint density at radius 2 is 2.33 bits per heavy atom. The van der Waals surface area contributed by atoms with E-state index in [1.165, 1.54) is 12.1 Å². The Hall–Kier alpha value is -2.04. The van der Waals surface area contributed by atoms with Gasteiger partial charge in [0.05, 0.1) is 4.92 Å². The number of hydrogen-bond donors (Lipinski definition) is 2. The molecule has 0 saturated heterocycles. The highest BCUT2D eigenvalue weighted by Gasteiger charge is 2.11. The summed E-state index contributed by atoms with van der Waals surface area (Å²) in [5.41, 5.74) is 6.35. The molecule has 80 valence electrons. The van der Waals surface area contributed by atoms with Crippen molar-refractivity contribution in [3.8, 4) is 0 Å². The van der Waals surface area contributed by atoms with Crippen molar-refractivity contribution >= 4 is 17.1 Å². The van der Waals surface area contributed by atoms with E-state index >= 15 is 0 Å². The number of benzene rings is 1. The Balaban J connectivity index is 2.91. The van der Waals surface area contributed by atoms with Crippen molar-refractivity contribution in [1.82, 2.24) is 0 Å². The van der Waals surface area contributed by atoms with Gasteiger partial charge in [0.25, 0.3) is 5.69 Å². The molecule has 0 aromatic heterocycles. The number of nitrogens with one attached hydrogen (secondary N) is 1. The number of nitrogen functional groups attached to an aromatic ring is 1. The molecule has 0 saturated carbocycles. The Bertz CT molecular complexity index is 390. The Kier molecular flexibility index (Phi) is 3.28. The largest absolute Gasteiger partial charge is 0.393 e. The molecule has 1 atom stereocenters. The van der Waals surface area contributed by atoms with E-state index in [0.29, 0.717) is 0 Å². The third kappa shape index (κ3) is 2.70. The first kappa shape index (κ1) is 11.0. The predicted octanol–water partition coefficient (Wildman–Crippen LogP) is 2.16. The van der Waals surface area contributed by atoms with Crippen LogP contribution < -0.4 is 11.1 Å². The average Bonchev–Trinajstić information content (AvgIpc) is 2.17. The highest BCUT2D eigenvalue weighted by atomic mass is 16.6. The van der Waals surface area contributed by atoms with Gasteiger partial charge in [0.15, 0.2) is 0 Å². The van der Waals surface area contributed by atoms with E-state index in [0.717, 1.165) is 5.69 Å². The molecule has 1 unspecified atom stereocenters. The van der Waals surface area contributed by atoms with Gasteiger partial charge in [0.2, 0.25) is 0 Å². The van der Waals surface area contributed by atoms with Crippen molar-refractivity contribution in [3.63, 3.8) is 0 Å². The molecule has 0 heterocycles. The number of rotatable bonds is 4. The van der Waals surface area contributed by atoms with Crippen LogP contribution in [0.1, 0.15) is 6.92 Å². The van der Waals surface area contributed by atoms with E-state index in [-0.39, 0.29) is 17.4 Å². The van der Waals surface area contributed by atoms with Crippen LogP contribution in [-0.2, 0) is 0 Å². The zero-order valence-corrected chi connectivity index (χ0v) is 8.43. The van der Waals surface area contributed by atoms with E-state index in [1.807, 2.05) is 6.92 Å². The Labute approximate surface area is 87.7 Å². The van der Waals surface area contributed by atoms with Crippen LogP contribution in [0.2, 0.25) is 0 Å². The summed E-state index contributed by atoms with van der Waals surface area (Å²) in [7, 11) is 0. The van der Waals surface area contributed by atoms with E-state index in [2.05, 4.69) is 11.9 Å². The second kappa shape index (κ2) is 4.45. The zero-order chi connectivity index (χ0) is 11.4. The third-order valence-corrected chi connectivity index (χ3v) is 1.97. The molecule has 0 fully saturated rings. The normalized spacial score (nSPS) is 11.8. The van der Waals surface area contributed by atoms with Crippen molar-refractivity contribution in [2.45, 2.75) is 13.0 Å². The smallest absolute Gasteiger partial charge is 0.292 e. The maximum Gasteiger partial charge on any atom is 0.292 e. The Morgan fingerprint density at radius 3 is 2.80 bits per heavy atom. The summed E-state index contributed by atoms with van der Waals surface area (Å²) < 4.78 is 0.